The van der Waals surface area contributed by atoms with Crippen LogP contribution in [0.4, 0.5) is 0 Å². The summed E-state index contributed by atoms with van der Waals surface area (Å²) in [5.74, 6) is 0.492. The van der Waals surface area contributed by atoms with Crippen molar-refractivity contribution in [2.75, 3.05) is 0 Å². The highest BCUT2D eigenvalue weighted by atomic mass is 79.9. The van der Waals surface area contributed by atoms with Gasteiger partial charge in [-0.15, -0.1) is 0 Å². The molecule has 7 heteroatoms. The van der Waals surface area contributed by atoms with Gasteiger partial charge in [0.2, 0.25) is 0 Å². The lowest BCUT2D eigenvalue weighted by Gasteiger charge is -2.04. The third-order valence-electron chi connectivity index (χ3n) is 2.50. The zero-order valence-corrected chi connectivity index (χ0v) is 12.5. The van der Waals surface area contributed by atoms with Crippen molar-refractivity contribution in [1.29, 1.82) is 0 Å². The molecule has 0 saturated heterocycles. The third-order valence-corrected chi connectivity index (χ3v) is 4.26. The summed E-state index contributed by atoms with van der Waals surface area (Å²) in [5, 5.41) is 4.90. The molecule has 90 valence electrons. The summed E-state index contributed by atoms with van der Waals surface area (Å²) in [7, 11) is 1.87. The van der Waals surface area contributed by atoms with Crippen molar-refractivity contribution in [2.24, 2.45) is 7.05 Å². The average Bonchev–Trinajstić information content (AvgIpc) is 2.49. The van der Waals surface area contributed by atoms with Gasteiger partial charge in [0.05, 0.1) is 15.7 Å². The highest BCUT2D eigenvalue weighted by Gasteiger charge is 2.17. The predicted molar refractivity (Wildman–Crippen MR) is 71.4 cm³/mol. The van der Waals surface area contributed by atoms with Crippen LogP contribution < -0.4 is 0 Å². The van der Waals surface area contributed by atoms with E-state index in [1.165, 1.54) is 0 Å². The zero-order chi connectivity index (χ0) is 12.7. The normalized spacial score (nSPS) is 10.9. The molecule has 0 bridgehead atoms. The van der Waals surface area contributed by atoms with Crippen molar-refractivity contribution in [1.82, 2.24) is 19.7 Å². The molecular formula is C10H9BrCl2N4. The topological polar surface area (TPSA) is 43.6 Å². The molecule has 0 amide bonds. The van der Waals surface area contributed by atoms with E-state index < -0.39 is 0 Å². The minimum absolute atomic E-state index is 0.294. The van der Waals surface area contributed by atoms with Crippen LogP contribution in [0.2, 0.25) is 10.3 Å². The molecule has 0 fully saturated rings. The summed E-state index contributed by atoms with van der Waals surface area (Å²) >= 11 is 15.2. The maximum Gasteiger partial charge on any atom is 0.166 e. The summed E-state index contributed by atoms with van der Waals surface area (Å²) in [5.41, 5.74) is 2.68. The highest BCUT2D eigenvalue weighted by molar-refractivity contribution is 9.10. The van der Waals surface area contributed by atoms with Gasteiger partial charge in [-0.05, 0) is 29.8 Å². The lowest BCUT2D eigenvalue weighted by Crippen LogP contribution is -1.96. The first-order valence-electron chi connectivity index (χ1n) is 4.81. The Kier molecular flexibility index (Phi) is 3.43. The fraction of sp³-hybridized carbons (Fsp3) is 0.300. The molecule has 0 radical (unpaired) electrons. The molecule has 0 aliphatic rings. The van der Waals surface area contributed by atoms with Crippen molar-refractivity contribution in [2.45, 2.75) is 13.8 Å². The summed E-state index contributed by atoms with van der Waals surface area (Å²) < 4.78 is 2.28. The number of aryl methyl sites for hydroxylation is 2. The molecule has 0 aliphatic heterocycles. The first-order chi connectivity index (χ1) is 7.91. The third kappa shape index (κ3) is 2.19. The van der Waals surface area contributed by atoms with E-state index in [1.807, 2.05) is 20.9 Å². The van der Waals surface area contributed by atoms with Crippen LogP contribution in [-0.2, 0) is 7.05 Å². The van der Waals surface area contributed by atoms with Crippen LogP contribution in [0.5, 0.6) is 0 Å². The Labute approximate surface area is 117 Å². The van der Waals surface area contributed by atoms with E-state index in [-0.39, 0.29) is 0 Å². The van der Waals surface area contributed by atoms with Crippen LogP contribution in [0.25, 0.3) is 11.4 Å². The minimum Gasteiger partial charge on any atom is -0.272 e. The van der Waals surface area contributed by atoms with E-state index in [0.717, 1.165) is 17.0 Å². The van der Waals surface area contributed by atoms with Crippen molar-refractivity contribution in [3.63, 3.8) is 0 Å². The van der Waals surface area contributed by atoms with Gasteiger partial charge in [-0.25, -0.2) is 9.97 Å². The number of rotatable bonds is 1. The molecular weight excluding hydrogens is 327 g/mol. The Balaban J connectivity index is 2.69. The van der Waals surface area contributed by atoms with Crippen LogP contribution in [0.15, 0.2) is 4.47 Å². The monoisotopic (exact) mass is 334 g/mol. The Morgan fingerprint density at radius 2 is 1.65 bits per heavy atom. The Morgan fingerprint density at radius 1 is 1.12 bits per heavy atom. The van der Waals surface area contributed by atoms with Gasteiger partial charge in [-0.3, -0.25) is 4.68 Å². The fourth-order valence-corrected chi connectivity index (χ4v) is 2.17. The number of nitrogens with zero attached hydrogens (tertiary/aromatic N) is 4. The molecule has 0 aliphatic carbocycles. The Morgan fingerprint density at radius 3 is 2.06 bits per heavy atom. The molecule has 0 atom stereocenters. The molecule has 2 aromatic heterocycles. The second kappa shape index (κ2) is 4.55. The van der Waals surface area contributed by atoms with Gasteiger partial charge < -0.3 is 0 Å². The van der Waals surface area contributed by atoms with Crippen molar-refractivity contribution < 1.29 is 0 Å². The van der Waals surface area contributed by atoms with Crippen LogP contribution in [0.3, 0.4) is 0 Å². The van der Waals surface area contributed by atoms with E-state index in [9.17, 15) is 0 Å². The standard InChI is InChI=1S/C10H9BrCl2N4/c1-4-6(5(2)17(3)16-4)10-14-8(12)7(11)9(13)15-10/h1-3H3. The minimum atomic E-state index is 0.294. The van der Waals surface area contributed by atoms with Gasteiger partial charge in [0.25, 0.3) is 0 Å². The Bertz CT molecular complexity index is 571. The molecule has 2 rings (SSSR count). The Hall–Kier alpha value is -0.650. The molecule has 0 unspecified atom stereocenters. The first kappa shape index (κ1) is 12.8. The number of hydrogen-bond acceptors (Lipinski definition) is 3. The van der Waals surface area contributed by atoms with Gasteiger partial charge in [0.1, 0.15) is 10.3 Å². The van der Waals surface area contributed by atoms with Gasteiger partial charge in [-0.1, -0.05) is 23.2 Å². The fourth-order valence-electron chi connectivity index (χ4n) is 1.60. The SMILES string of the molecule is Cc1nn(C)c(C)c1-c1nc(Cl)c(Br)c(Cl)n1. The molecule has 0 saturated carbocycles. The molecule has 0 N–H and O–H groups in total. The summed E-state index contributed by atoms with van der Waals surface area (Å²) in [6.45, 7) is 3.85. The maximum absolute atomic E-state index is 5.97. The average molecular weight is 336 g/mol. The van der Waals surface area contributed by atoms with E-state index in [2.05, 4.69) is 31.0 Å². The van der Waals surface area contributed by atoms with E-state index in [0.29, 0.717) is 20.6 Å². The largest absolute Gasteiger partial charge is 0.272 e. The van der Waals surface area contributed by atoms with Crippen molar-refractivity contribution >= 4 is 39.1 Å². The molecule has 2 heterocycles. The van der Waals surface area contributed by atoms with Crippen LogP contribution in [0.1, 0.15) is 11.4 Å². The maximum atomic E-state index is 5.97. The van der Waals surface area contributed by atoms with Crippen LogP contribution in [-0.4, -0.2) is 19.7 Å². The molecule has 0 aromatic carbocycles. The summed E-state index contributed by atoms with van der Waals surface area (Å²) in [6, 6.07) is 0. The van der Waals surface area contributed by atoms with Gasteiger partial charge in [0, 0.05) is 12.7 Å². The van der Waals surface area contributed by atoms with Crippen LogP contribution in [0, 0.1) is 13.8 Å². The van der Waals surface area contributed by atoms with Gasteiger partial charge in [0.15, 0.2) is 5.82 Å². The van der Waals surface area contributed by atoms with E-state index in [1.54, 1.807) is 4.68 Å². The van der Waals surface area contributed by atoms with Crippen molar-refractivity contribution in [3.8, 4) is 11.4 Å². The smallest absolute Gasteiger partial charge is 0.166 e. The van der Waals surface area contributed by atoms with Gasteiger partial charge >= 0.3 is 0 Å². The molecule has 17 heavy (non-hydrogen) atoms. The summed E-state index contributed by atoms with van der Waals surface area (Å²) in [4.78, 5) is 8.42. The second-order valence-corrected chi connectivity index (χ2v) is 5.12. The molecule has 4 nitrogen and oxygen atoms in total. The van der Waals surface area contributed by atoms with E-state index >= 15 is 0 Å². The highest BCUT2D eigenvalue weighted by Crippen LogP contribution is 2.31. The first-order valence-corrected chi connectivity index (χ1v) is 6.35. The summed E-state index contributed by atoms with van der Waals surface area (Å²) in [6.07, 6.45) is 0. The molecule has 2 aromatic rings. The van der Waals surface area contributed by atoms with Crippen molar-refractivity contribution in [3.05, 3.63) is 26.2 Å². The zero-order valence-electron chi connectivity index (χ0n) is 9.42. The van der Waals surface area contributed by atoms with E-state index in [4.69, 9.17) is 23.2 Å². The number of halogens is 3. The number of aromatic nitrogens is 4. The van der Waals surface area contributed by atoms with Gasteiger partial charge in [-0.2, -0.15) is 5.10 Å². The predicted octanol–water partition coefficient (Wildman–Crippen LogP) is 3.56. The molecule has 0 spiro atoms. The second-order valence-electron chi connectivity index (χ2n) is 3.61. The lowest BCUT2D eigenvalue weighted by atomic mass is 10.2. The number of hydrogen-bond donors (Lipinski definition) is 0. The van der Waals surface area contributed by atoms with Crippen LogP contribution >= 0.6 is 39.1 Å². The lowest BCUT2D eigenvalue weighted by molar-refractivity contribution is 0.731. The quantitative estimate of drug-likeness (QED) is 0.748.